The number of amides is 2. The van der Waals surface area contributed by atoms with Crippen LogP contribution in [-0.2, 0) is 15.1 Å². The third kappa shape index (κ3) is 2.84. The molecule has 20 heavy (non-hydrogen) atoms. The van der Waals surface area contributed by atoms with Crippen LogP contribution >= 0.6 is 0 Å². The van der Waals surface area contributed by atoms with Crippen LogP contribution in [0, 0.1) is 5.92 Å². The Morgan fingerprint density at radius 3 is 2.50 bits per heavy atom. The molecule has 1 aromatic rings. The first kappa shape index (κ1) is 14.6. The van der Waals surface area contributed by atoms with E-state index in [2.05, 4.69) is 19.2 Å². The Hall–Kier alpha value is -1.84. The van der Waals surface area contributed by atoms with Gasteiger partial charge in [-0.3, -0.25) is 9.59 Å². The summed E-state index contributed by atoms with van der Waals surface area (Å²) in [4.78, 5) is 26.3. The Bertz CT molecular complexity index is 498. The van der Waals surface area contributed by atoms with Gasteiger partial charge in [-0.2, -0.15) is 0 Å². The molecular weight excluding hydrogens is 252 g/mol. The lowest BCUT2D eigenvalue weighted by molar-refractivity contribution is -0.149. The van der Waals surface area contributed by atoms with Crippen molar-refractivity contribution in [2.45, 2.75) is 32.7 Å². The van der Waals surface area contributed by atoms with Crippen molar-refractivity contribution < 1.29 is 9.59 Å². The molecule has 0 aliphatic carbocycles. The molecule has 1 aliphatic heterocycles. The topological polar surface area (TPSA) is 49.4 Å². The molecule has 0 spiro atoms. The number of hydrogen-bond donors (Lipinski definition) is 1. The highest BCUT2D eigenvalue weighted by molar-refractivity contribution is 5.98. The molecule has 1 aromatic carbocycles. The molecule has 1 heterocycles. The van der Waals surface area contributed by atoms with Crippen molar-refractivity contribution in [1.29, 1.82) is 0 Å². The molecule has 1 unspecified atom stereocenters. The smallest absolute Gasteiger partial charge is 0.253 e. The van der Waals surface area contributed by atoms with E-state index in [4.69, 9.17) is 0 Å². The van der Waals surface area contributed by atoms with Crippen molar-refractivity contribution in [2.24, 2.45) is 5.92 Å². The van der Waals surface area contributed by atoms with Gasteiger partial charge in [0.15, 0.2) is 0 Å². The number of carbonyl (C=O) groups is 2. The first-order valence-electron chi connectivity index (χ1n) is 7.09. The van der Waals surface area contributed by atoms with Gasteiger partial charge in [-0.15, -0.1) is 0 Å². The van der Waals surface area contributed by atoms with Crippen molar-refractivity contribution in [3.05, 3.63) is 35.9 Å². The molecule has 4 nitrogen and oxygen atoms in total. The molecule has 4 heteroatoms. The fourth-order valence-electron chi connectivity index (χ4n) is 2.49. The van der Waals surface area contributed by atoms with Crippen molar-refractivity contribution in [2.75, 3.05) is 13.1 Å². The second-order valence-corrected chi connectivity index (χ2v) is 5.95. The number of benzene rings is 1. The summed E-state index contributed by atoms with van der Waals surface area (Å²) in [6.45, 7) is 6.81. The van der Waals surface area contributed by atoms with E-state index in [1.165, 1.54) is 0 Å². The van der Waals surface area contributed by atoms with Gasteiger partial charge in [-0.1, -0.05) is 44.2 Å². The highest BCUT2D eigenvalue weighted by Crippen LogP contribution is 2.26. The maximum Gasteiger partial charge on any atom is 0.253 e. The Kier molecular flexibility index (Phi) is 4.12. The number of nitrogens with zero attached hydrogens (tertiary/aromatic N) is 1. The van der Waals surface area contributed by atoms with Crippen molar-refractivity contribution >= 4 is 11.8 Å². The van der Waals surface area contributed by atoms with E-state index >= 15 is 0 Å². The predicted molar refractivity (Wildman–Crippen MR) is 78.0 cm³/mol. The third-order valence-corrected chi connectivity index (χ3v) is 3.77. The number of piperazine rings is 1. The largest absolute Gasteiger partial charge is 0.337 e. The van der Waals surface area contributed by atoms with Crippen molar-refractivity contribution in [3.8, 4) is 0 Å². The molecule has 0 radical (unpaired) electrons. The number of rotatable bonds is 4. The SMILES string of the molecule is CC(C)CCN1CC(=O)NC(C)(c2ccccc2)C1=O. The molecule has 1 saturated heterocycles. The molecule has 0 aromatic heterocycles. The average Bonchev–Trinajstić information content (AvgIpc) is 2.42. The van der Waals surface area contributed by atoms with E-state index in [9.17, 15) is 9.59 Å². The van der Waals surface area contributed by atoms with Crippen LogP contribution < -0.4 is 5.32 Å². The van der Waals surface area contributed by atoms with Crippen LogP contribution in [0.25, 0.3) is 0 Å². The summed E-state index contributed by atoms with van der Waals surface area (Å²) in [6, 6.07) is 9.42. The second kappa shape index (κ2) is 5.65. The summed E-state index contributed by atoms with van der Waals surface area (Å²) in [7, 11) is 0. The van der Waals surface area contributed by atoms with Crippen LogP contribution in [0.3, 0.4) is 0 Å². The number of carbonyl (C=O) groups excluding carboxylic acids is 2. The molecule has 1 N–H and O–H groups in total. The van der Waals surface area contributed by atoms with E-state index < -0.39 is 5.54 Å². The van der Waals surface area contributed by atoms with Crippen LogP contribution in [0.1, 0.15) is 32.8 Å². The normalized spacial score (nSPS) is 23.1. The van der Waals surface area contributed by atoms with Crippen LogP contribution in [-0.4, -0.2) is 29.8 Å². The van der Waals surface area contributed by atoms with Gasteiger partial charge < -0.3 is 10.2 Å². The Balaban J connectivity index is 2.25. The van der Waals surface area contributed by atoms with E-state index in [0.29, 0.717) is 12.5 Å². The number of hydrogen-bond acceptors (Lipinski definition) is 2. The first-order valence-corrected chi connectivity index (χ1v) is 7.09. The molecule has 2 rings (SSSR count). The lowest BCUT2D eigenvalue weighted by Gasteiger charge is -2.40. The zero-order chi connectivity index (χ0) is 14.8. The third-order valence-electron chi connectivity index (χ3n) is 3.77. The summed E-state index contributed by atoms with van der Waals surface area (Å²) < 4.78 is 0. The Morgan fingerprint density at radius 2 is 1.90 bits per heavy atom. The van der Waals surface area contributed by atoms with Gasteiger partial charge >= 0.3 is 0 Å². The summed E-state index contributed by atoms with van der Waals surface area (Å²) in [5.41, 5.74) is -0.124. The lowest BCUT2D eigenvalue weighted by Crippen LogP contribution is -2.63. The van der Waals surface area contributed by atoms with Crippen LogP contribution in [0.5, 0.6) is 0 Å². The molecule has 108 valence electrons. The minimum absolute atomic E-state index is 0.0241. The molecular formula is C16H22N2O2. The van der Waals surface area contributed by atoms with E-state index in [0.717, 1.165) is 12.0 Å². The maximum atomic E-state index is 12.7. The molecule has 0 bridgehead atoms. The molecule has 2 amide bonds. The monoisotopic (exact) mass is 274 g/mol. The van der Waals surface area contributed by atoms with Gasteiger partial charge in [-0.25, -0.2) is 0 Å². The van der Waals surface area contributed by atoms with Crippen LogP contribution in [0.4, 0.5) is 0 Å². The van der Waals surface area contributed by atoms with Crippen LogP contribution in [0.2, 0.25) is 0 Å². The standard InChI is InChI=1S/C16H22N2O2/c1-12(2)9-10-18-11-14(19)17-16(3,15(18)20)13-7-5-4-6-8-13/h4-8,12H,9-11H2,1-3H3,(H,17,19). The van der Waals surface area contributed by atoms with E-state index in [-0.39, 0.29) is 18.4 Å². The summed E-state index contributed by atoms with van der Waals surface area (Å²) in [5.74, 6) is 0.388. The Labute approximate surface area is 120 Å². The van der Waals surface area contributed by atoms with Crippen molar-refractivity contribution in [1.82, 2.24) is 10.2 Å². The zero-order valence-corrected chi connectivity index (χ0v) is 12.3. The summed E-state index contributed by atoms with van der Waals surface area (Å²) in [5, 5.41) is 2.85. The van der Waals surface area contributed by atoms with Gasteiger partial charge in [0.2, 0.25) is 5.91 Å². The molecule has 1 atom stereocenters. The van der Waals surface area contributed by atoms with Gasteiger partial charge in [0.25, 0.3) is 5.91 Å². The zero-order valence-electron chi connectivity index (χ0n) is 12.3. The van der Waals surface area contributed by atoms with Gasteiger partial charge in [0, 0.05) is 6.54 Å². The first-order chi connectivity index (χ1) is 9.43. The quantitative estimate of drug-likeness (QED) is 0.911. The van der Waals surface area contributed by atoms with Crippen LogP contribution in [0.15, 0.2) is 30.3 Å². The average molecular weight is 274 g/mol. The van der Waals surface area contributed by atoms with Gasteiger partial charge in [-0.05, 0) is 24.8 Å². The maximum absolute atomic E-state index is 12.7. The lowest BCUT2D eigenvalue weighted by atomic mass is 9.88. The van der Waals surface area contributed by atoms with Gasteiger partial charge in [0.1, 0.15) is 5.54 Å². The second-order valence-electron chi connectivity index (χ2n) is 5.95. The highest BCUT2D eigenvalue weighted by Gasteiger charge is 2.43. The minimum atomic E-state index is -0.951. The Morgan fingerprint density at radius 1 is 1.25 bits per heavy atom. The number of nitrogens with one attached hydrogen (secondary N) is 1. The van der Waals surface area contributed by atoms with Gasteiger partial charge in [0.05, 0.1) is 6.54 Å². The minimum Gasteiger partial charge on any atom is -0.337 e. The molecule has 0 saturated carbocycles. The fraction of sp³-hybridized carbons (Fsp3) is 0.500. The van der Waals surface area contributed by atoms with E-state index in [1.54, 1.807) is 11.8 Å². The molecule has 1 fully saturated rings. The summed E-state index contributed by atoms with van der Waals surface area (Å²) in [6.07, 6.45) is 0.907. The predicted octanol–water partition coefficient (Wildman–Crippen LogP) is 1.91. The fourth-order valence-corrected chi connectivity index (χ4v) is 2.49. The van der Waals surface area contributed by atoms with E-state index in [1.807, 2.05) is 30.3 Å². The summed E-state index contributed by atoms with van der Waals surface area (Å²) >= 11 is 0. The highest BCUT2D eigenvalue weighted by atomic mass is 16.2. The molecule has 1 aliphatic rings. The van der Waals surface area contributed by atoms with Crippen molar-refractivity contribution in [3.63, 3.8) is 0 Å².